The molecule has 0 radical (unpaired) electrons. The standard InChI is InChI=1S/C19H24FN3O2/c1-14(25-18-10-6-16(20)7-11-18)12-22-19(21-2)23-13-15-4-8-17(24-3)9-5-15/h4-11,14H,12-13H2,1-3H3,(H2,21,22,23). The van der Waals surface area contributed by atoms with Crippen molar-refractivity contribution in [1.29, 1.82) is 0 Å². The minimum absolute atomic E-state index is 0.0926. The number of rotatable bonds is 7. The number of hydrogen-bond acceptors (Lipinski definition) is 3. The van der Waals surface area contributed by atoms with E-state index in [0.717, 1.165) is 11.3 Å². The van der Waals surface area contributed by atoms with Crippen LogP contribution < -0.4 is 20.1 Å². The second-order valence-electron chi connectivity index (χ2n) is 5.54. The van der Waals surface area contributed by atoms with Crippen LogP contribution in [0.1, 0.15) is 12.5 Å². The second-order valence-corrected chi connectivity index (χ2v) is 5.54. The lowest BCUT2D eigenvalue weighted by Crippen LogP contribution is -2.41. The van der Waals surface area contributed by atoms with E-state index in [4.69, 9.17) is 9.47 Å². The molecule has 0 aliphatic heterocycles. The van der Waals surface area contributed by atoms with E-state index in [9.17, 15) is 4.39 Å². The summed E-state index contributed by atoms with van der Waals surface area (Å²) in [5.74, 6) is 1.88. The zero-order chi connectivity index (χ0) is 18.1. The first kappa shape index (κ1) is 18.6. The minimum atomic E-state index is -0.277. The molecule has 25 heavy (non-hydrogen) atoms. The van der Waals surface area contributed by atoms with Crippen molar-refractivity contribution in [2.45, 2.75) is 19.6 Å². The highest BCUT2D eigenvalue weighted by atomic mass is 19.1. The van der Waals surface area contributed by atoms with Crippen LogP contribution in [0.4, 0.5) is 4.39 Å². The van der Waals surface area contributed by atoms with Crippen LogP contribution >= 0.6 is 0 Å². The van der Waals surface area contributed by atoms with Crippen molar-refractivity contribution < 1.29 is 13.9 Å². The summed E-state index contributed by atoms with van der Waals surface area (Å²) in [6.45, 7) is 3.16. The van der Waals surface area contributed by atoms with E-state index in [0.29, 0.717) is 24.8 Å². The highest BCUT2D eigenvalue weighted by Gasteiger charge is 2.06. The van der Waals surface area contributed by atoms with Crippen molar-refractivity contribution in [3.63, 3.8) is 0 Å². The van der Waals surface area contributed by atoms with Gasteiger partial charge in [-0.1, -0.05) is 12.1 Å². The van der Waals surface area contributed by atoms with Gasteiger partial charge in [-0.2, -0.15) is 0 Å². The molecule has 2 rings (SSSR count). The first-order chi connectivity index (χ1) is 12.1. The van der Waals surface area contributed by atoms with Crippen molar-refractivity contribution in [2.75, 3.05) is 20.7 Å². The molecule has 0 saturated heterocycles. The van der Waals surface area contributed by atoms with Gasteiger partial charge < -0.3 is 20.1 Å². The number of halogens is 1. The topological polar surface area (TPSA) is 54.9 Å². The fraction of sp³-hybridized carbons (Fsp3) is 0.316. The Labute approximate surface area is 147 Å². The van der Waals surface area contributed by atoms with Crippen LogP contribution in [0.3, 0.4) is 0 Å². The van der Waals surface area contributed by atoms with Gasteiger partial charge in [0.2, 0.25) is 0 Å². The Morgan fingerprint density at radius 2 is 1.68 bits per heavy atom. The van der Waals surface area contributed by atoms with E-state index in [1.54, 1.807) is 26.3 Å². The molecular formula is C19H24FN3O2. The van der Waals surface area contributed by atoms with Crippen LogP contribution in [0, 0.1) is 5.82 Å². The molecule has 1 atom stereocenters. The third kappa shape index (κ3) is 6.33. The average Bonchev–Trinajstić information content (AvgIpc) is 2.64. The summed E-state index contributed by atoms with van der Waals surface area (Å²) in [5, 5.41) is 6.45. The van der Waals surface area contributed by atoms with E-state index < -0.39 is 0 Å². The van der Waals surface area contributed by atoms with Crippen LogP contribution in [-0.2, 0) is 6.54 Å². The number of guanidine groups is 1. The molecule has 2 aromatic carbocycles. The van der Waals surface area contributed by atoms with E-state index in [1.165, 1.54) is 12.1 Å². The SMILES string of the molecule is CN=C(NCc1ccc(OC)cc1)NCC(C)Oc1ccc(F)cc1. The van der Waals surface area contributed by atoms with Gasteiger partial charge in [0.25, 0.3) is 0 Å². The fourth-order valence-corrected chi connectivity index (χ4v) is 2.18. The highest BCUT2D eigenvalue weighted by Crippen LogP contribution is 2.13. The van der Waals surface area contributed by atoms with Gasteiger partial charge in [-0.25, -0.2) is 4.39 Å². The lowest BCUT2D eigenvalue weighted by atomic mass is 10.2. The zero-order valence-corrected chi connectivity index (χ0v) is 14.8. The number of nitrogens with zero attached hydrogens (tertiary/aromatic N) is 1. The van der Waals surface area contributed by atoms with Crippen molar-refractivity contribution in [3.05, 3.63) is 59.9 Å². The zero-order valence-electron chi connectivity index (χ0n) is 14.8. The summed E-state index contributed by atoms with van der Waals surface area (Å²) in [6, 6.07) is 13.8. The maximum atomic E-state index is 12.9. The lowest BCUT2D eigenvalue weighted by molar-refractivity contribution is 0.223. The number of methoxy groups -OCH3 is 1. The molecule has 0 saturated carbocycles. The van der Waals surface area contributed by atoms with E-state index in [2.05, 4.69) is 15.6 Å². The number of ether oxygens (including phenoxy) is 2. The van der Waals surface area contributed by atoms with Crippen LogP contribution in [0.2, 0.25) is 0 Å². The van der Waals surface area contributed by atoms with Crippen molar-refractivity contribution in [3.8, 4) is 11.5 Å². The Morgan fingerprint density at radius 1 is 1.04 bits per heavy atom. The number of aliphatic imine (C=N–C) groups is 1. The van der Waals surface area contributed by atoms with Gasteiger partial charge in [0.1, 0.15) is 23.4 Å². The molecule has 0 amide bonds. The molecule has 6 heteroatoms. The molecule has 0 spiro atoms. The summed E-state index contributed by atoms with van der Waals surface area (Å²) in [5.41, 5.74) is 1.12. The van der Waals surface area contributed by atoms with E-state index in [1.807, 2.05) is 31.2 Å². The Morgan fingerprint density at radius 3 is 2.28 bits per heavy atom. The number of hydrogen-bond donors (Lipinski definition) is 2. The van der Waals surface area contributed by atoms with Crippen LogP contribution in [0.25, 0.3) is 0 Å². The molecule has 5 nitrogen and oxygen atoms in total. The molecule has 0 fully saturated rings. The first-order valence-corrected chi connectivity index (χ1v) is 8.10. The lowest BCUT2D eigenvalue weighted by Gasteiger charge is -2.18. The van der Waals surface area contributed by atoms with Gasteiger partial charge in [-0.3, -0.25) is 4.99 Å². The monoisotopic (exact) mass is 345 g/mol. The third-order valence-corrected chi connectivity index (χ3v) is 3.55. The molecule has 0 aliphatic rings. The molecule has 0 bridgehead atoms. The van der Waals surface area contributed by atoms with Crippen LogP contribution in [0.5, 0.6) is 11.5 Å². The quantitative estimate of drug-likeness (QED) is 0.598. The molecular weight excluding hydrogens is 321 g/mol. The maximum Gasteiger partial charge on any atom is 0.191 e. The Kier molecular flexibility index (Phi) is 7.07. The Hall–Kier alpha value is -2.76. The Balaban J connectivity index is 1.76. The van der Waals surface area contributed by atoms with Gasteiger partial charge in [0, 0.05) is 13.6 Å². The summed E-state index contributed by atoms with van der Waals surface area (Å²) in [7, 11) is 3.36. The molecule has 2 aromatic rings. The summed E-state index contributed by atoms with van der Waals surface area (Å²) >= 11 is 0. The fourth-order valence-electron chi connectivity index (χ4n) is 2.18. The number of benzene rings is 2. The summed E-state index contributed by atoms with van der Waals surface area (Å²) in [4.78, 5) is 4.19. The predicted molar refractivity (Wildman–Crippen MR) is 97.7 cm³/mol. The smallest absolute Gasteiger partial charge is 0.191 e. The van der Waals surface area contributed by atoms with Crippen molar-refractivity contribution in [1.82, 2.24) is 10.6 Å². The van der Waals surface area contributed by atoms with Crippen LogP contribution in [0.15, 0.2) is 53.5 Å². The third-order valence-electron chi connectivity index (χ3n) is 3.55. The van der Waals surface area contributed by atoms with Gasteiger partial charge >= 0.3 is 0 Å². The van der Waals surface area contributed by atoms with Gasteiger partial charge in [-0.15, -0.1) is 0 Å². The Bertz CT molecular complexity index is 672. The van der Waals surface area contributed by atoms with Gasteiger partial charge in [0.05, 0.1) is 13.7 Å². The first-order valence-electron chi connectivity index (χ1n) is 8.10. The predicted octanol–water partition coefficient (Wildman–Crippen LogP) is 2.97. The normalized spacial score (nSPS) is 12.4. The molecule has 0 aliphatic carbocycles. The van der Waals surface area contributed by atoms with Gasteiger partial charge in [0.15, 0.2) is 5.96 Å². The average molecular weight is 345 g/mol. The highest BCUT2D eigenvalue weighted by molar-refractivity contribution is 5.79. The molecule has 134 valence electrons. The van der Waals surface area contributed by atoms with Crippen molar-refractivity contribution in [2.24, 2.45) is 4.99 Å². The van der Waals surface area contributed by atoms with Crippen LogP contribution in [-0.4, -0.2) is 32.8 Å². The molecule has 2 N–H and O–H groups in total. The van der Waals surface area contributed by atoms with E-state index in [-0.39, 0.29) is 11.9 Å². The summed E-state index contributed by atoms with van der Waals surface area (Å²) in [6.07, 6.45) is -0.0926. The van der Waals surface area contributed by atoms with Gasteiger partial charge in [-0.05, 0) is 48.9 Å². The molecule has 1 unspecified atom stereocenters. The largest absolute Gasteiger partial charge is 0.497 e. The summed E-state index contributed by atoms with van der Waals surface area (Å²) < 4.78 is 23.8. The minimum Gasteiger partial charge on any atom is -0.497 e. The second kappa shape index (κ2) is 9.52. The maximum absolute atomic E-state index is 12.9. The molecule has 0 aromatic heterocycles. The van der Waals surface area contributed by atoms with Crippen molar-refractivity contribution >= 4 is 5.96 Å². The molecule has 0 heterocycles. The van der Waals surface area contributed by atoms with E-state index >= 15 is 0 Å². The number of nitrogens with one attached hydrogen (secondary N) is 2.